The lowest BCUT2D eigenvalue weighted by molar-refractivity contribution is -0.205. The number of phenols is 1. The van der Waals surface area contributed by atoms with Crippen molar-refractivity contribution >= 4 is 15.9 Å². The van der Waals surface area contributed by atoms with E-state index < -0.39 is 0 Å². The highest BCUT2D eigenvalue weighted by Gasteiger charge is 2.67. The lowest BCUT2D eigenvalue weighted by atomic mass is 9.32. The van der Waals surface area contributed by atoms with Crippen LogP contribution < -0.4 is 0 Å². The SMILES string of the molecule is Oc1ccc(C23CC4CC(C2)CC(C25CC6CC(CC(C6)C2)C5)(C4)C3)cc1Br. The molecule has 9 rings (SSSR count). The molecule has 1 N–H and O–H groups in total. The van der Waals surface area contributed by atoms with Gasteiger partial charge in [-0.1, -0.05) is 6.07 Å². The normalized spacial score (nSPS) is 53.1. The number of benzene rings is 1. The van der Waals surface area contributed by atoms with Gasteiger partial charge in [0.15, 0.2) is 0 Å². The van der Waals surface area contributed by atoms with E-state index >= 15 is 0 Å². The third kappa shape index (κ3) is 2.14. The van der Waals surface area contributed by atoms with Gasteiger partial charge in [-0.25, -0.2) is 0 Å². The highest BCUT2D eigenvalue weighted by Crippen LogP contribution is 2.77. The first-order valence-corrected chi connectivity index (χ1v) is 12.7. The Kier molecular flexibility index (Phi) is 3.32. The molecule has 8 aliphatic carbocycles. The Hall–Kier alpha value is -0.500. The molecule has 8 aliphatic rings. The predicted molar refractivity (Wildman–Crippen MR) is 115 cm³/mol. The van der Waals surface area contributed by atoms with Gasteiger partial charge in [-0.3, -0.25) is 0 Å². The van der Waals surface area contributed by atoms with Crippen LogP contribution in [0.1, 0.15) is 82.6 Å². The first kappa shape index (κ1) is 17.2. The Bertz CT molecular complexity index is 792. The minimum absolute atomic E-state index is 0.392. The summed E-state index contributed by atoms with van der Waals surface area (Å²) in [4.78, 5) is 0. The fourth-order valence-corrected chi connectivity index (χ4v) is 11.2. The molecule has 8 fully saturated rings. The Morgan fingerprint density at radius 3 is 1.82 bits per heavy atom. The van der Waals surface area contributed by atoms with E-state index in [9.17, 15) is 5.11 Å². The van der Waals surface area contributed by atoms with Crippen LogP contribution >= 0.6 is 15.9 Å². The molecular formula is C26H33BrO. The highest BCUT2D eigenvalue weighted by molar-refractivity contribution is 9.10. The summed E-state index contributed by atoms with van der Waals surface area (Å²) >= 11 is 3.62. The average molecular weight is 441 g/mol. The van der Waals surface area contributed by atoms with Crippen molar-refractivity contribution in [2.24, 2.45) is 40.4 Å². The molecule has 2 unspecified atom stereocenters. The molecule has 0 saturated heterocycles. The molecule has 8 saturated carbocycles. The second-order valence-electron chi connectivity index (χ2n) is 12.4. The van der Waals surface area contributed by atoms with E-state index in [1.807, 2.05) is 6.07 Å². The Morgan fingerprint density at radius 2 is 1.25 bits per heavy atom. The van der Waals surface area contributed by atoms with Crippen molar-refractivity contribution in [2.45, 2.75) is 82.5 Å². The molecule has 28 heavy (non-hydrogen) atoms. The summed E-state index contributed by atoms with van der Waals surface area (Å²) in [5.41, 5.74) is 3.25. The van der Waals surface area contributed by atoms with Gasteiger partial charge in [-0.2, -0.15) is 0 Å². The van der Waals surface area contributed by atoms with Crippen molar-refractivity contribution in [1.29, 1.82) is 0 Å². The quantitative estimate of drug-likeness (QED) is 0.514. The number of hydrogen-bond acceptors (Lipinski definition) is 1. The number of hydrogen-bond donors (Lipinski definition) is 1. The summed E-state index contributed by atoms with van der Waals surface area (Å²) in [7, 11) is 0. The molecular weight excluding hydrogens is 408 g/mol. The van der Waals surface area contributed by atoms with Gasteiger partial charge in [0.2, 0.25) is 0 Å². The van der Waals surface area contributed by atoms with E-state index in [2.05, 4.69) is 28.1 Å². The molecule has 0 heterocycles. The molecule has 0 amide bonds. The third-order valence-electron chi connectivity index (χ3n) is 10.8. The molecule has 2 heteroatoms. The molecule has 1 nitrogen and oxygen atoms in total. The van der Waals surface area contributed by atoms with Crippen LogP contribution in [0.15, 0.2) is 22.7 Å². The zero-order chi connectivity index (χ0) is 18.7. The lowest BCUT2D eigenvalue weighted by Crippen LogP contribution is -2.63. The van der Waals surface area contributed by atoms with E-state index in [0.717, 1.165) is 34.1 Å². The maximum absolute atomic E-state index is 10.1. The van der Waals surface area contributed by atoms with Gasteiger partial charge < -0.3 is 5.11 Å². The average Bonchev–Trinajstić information content (AvgIpc) is 2.62. The molecule has 0 aromatic heterocycles. The fraction of sp³-hybridized carbons (Fsp3) is 0.769. The zero-order valence-electron chi connectivity index (χ0n) is 16.9. The van der Waals surface area contributed by atoms with Crippen LogP contribution in [0.5, 0.6) is 5.75 Å². The highest BCUT2D eigenvalue weighted by atomic mass is 79.9. The fourth-order valence-electron chi connectivity index (χ4n) is 10.8. The minimum Gasteiger partial charge on any atom is -0.507 e. The zero-order valence-corrected chi connectivity index (χ0v) is 18.5. The summed E-state index contributed by atoms with van der Waals surface area (Å²) in [6.45, 7) is 0. The van der Waals surface area contributed by atoms with Crippen LogP contribution in [0.3, 0.4) is 0 Å². The number of halogens is 1. The maximum atomic E-state index is 10.1. The van der Waals surface area contributed by atoms with Crippen molar-refractivity contribution in [3.05, 3.63) is 28.2 Å². The first-order chi connectivity index (χ1) is 13.5. The number of phenolic OH excluding ortho intramolecular Hbond substituents is 1. The van der Waals surface area contributed by atoms with Gasteiger partial charge in [0, 0.05) is 0 Å². The van der Waals surface area contributed by atoms with Crippen LogP contribution in [0.4, 0.5) is 0 Å². The van der Waals surface area contributed by atoms with Crippen LogP contribution in [0.2, 0.25) is 0 Å². The summed E-state index contributed by atoms with van der Waals surface area (Å²) in [6, 6.07) is 6.48. The monoisotopic (exact) mass is 440 g/mol. The molecule has 2 atom stereocenters. The van der Waals surface area contributed by atoms with E-state index in [1.54, 1.807) is 51.4 Å². The summed E-state index contributed by atoms with van der Waals surface area (Å²) in [6.07, 6.45) is 18.3. The molecule has 0 spiro atoms. The van der Waals surface area contributed by atoms with Crippen LogP contribution in [-0.4, -0.2) is 5.11 Å². The van der Waals surface area contributed by atoms with Crippen molar-refractivity contribution in [1.82, 2.24) is 0 Å². The molecule has 0 aliphatic heterocycles. The van der Waals surface area contributed by atoms with Gasteiger partial charge in [-0.05, 0) is 157 Å². The summed E-state index contributed by atoms with van der Waals surface area (Å²) < 4.78 is 0.893. The van der Waals surface area contributed by atoms with Crippen molar-refractivity contribution in [2.75, 3.05) is 0 Å². The van der Waals surface area contributed by atoms with Crippen molar-refractivity contribution in [3.8, 4) is 5.75 Å². The largest absolute Gasteiger partial charge is 0.507 e. The number of rotatable bonds is 2. The molecule has 0 radical (unpaired) electrons. The second kappa shape index (κ2) is 5.40. The Labute approximate surface area is 177 Å². The second-order valence-corrected chi connectivity index (χ2v) is 13.2. The Balaban J connectivity index is 1.33. The first-order valence-electron chi connectivity index (χ1n) is 12.0. The van der Waals surface area contributed by atoms with E-state index in [4.69, 9.17) is 0 Å². The van der Waals surface area contributed by atoms with Crippen molar-refractivity contribution < 1.29 is 5.11 Å². The van der Waals surface area contributed by atoms with E-state index in [0.29, 0.717) is 22.0 Å². The van der Waals surface area contributed by atoms with Gasteiger partial charge in [0.05, 0.1) is 4.47 Å². The smallest absolute Gasteiger partial charge is 0.129 e. The topological polar surface area (TPSA) is 20.2 Å². The van der Waals surface area contributed by atoms with E-state index in [1.165, 1.54) is 31.2 Å². The van der Waals surface area contributed by atoms with Gasteiger partial charge >= 0.3 is 0 Å². The number of aromatic hydroxyl groups is 1. The van der Waals surface area contributed by atoms with Crippen LogP contribution in [-0.2, 0) is 5.41 Å². The van der Waals surface area contributed by atoms with Gasteiger partial charge in [0.1, 0.15) is 5.75 Å². The molecule has 1 aromatic rings. The van der Waals surface area contributed by atoms with E-state index in [-0.39, 0.29) is 0 Å². The molecule has 1 aromatic carbocycles. The lowest BCUT2D eigenvalue weighted by Gasteiger charge is -2.72. The molecule has 8 bridgehead atoms. The van der Waals surface area contributed by atoms with Crippen LogP contribution in [0, 0.1) is 40.4 Å². The maximum Gasteiger partial charge on any atom is 0.129 e. The predicted octanol–water partition coefficient (Wildman–Crippen LogP) is 7.21. The molecule has 150 valence electrons. The standard InChI is InChI=1S/C26H33BrO/c27-22-7-21(1-2-23(22)28)24-8-19-6-20(9-24)14-26(13-19,15-24)25-10-16-3-17(11-25)5-18(4-16)12-25/h1-2,7,16-20,28H,3-6,8-15H2. The Morgan fingerprint density at radius 1 is 0.714 bits per heavy atom. The van der Waals surface area contributed by atoms with Crippen molar-refractivity contribution in [3.63, 3.8) is 0 Å². The third-order valence-corrected chi connectivity index (χ3v) is 11.4. The van der Waals surface area contributed by atoms with Gasteiger partial charge in [0.25, 0.3) is 0 Å². The minimum atomic E-state index is 0.392. The summed E-state index contributed by atoms with van der Waals surface area (Å²) in [5.74, 6) is 5.52. The van der Waals surface area contributed by atoms with Gasteiger partial charge in [-0.15, -0.1) is 0 Å². The van der Waals surface area contributed by atoms with Crippen LogP contribution in [0.25, 0.3) is 0 Å². The summed E-state index contributed by atoms with van der Waals surface area (Å²) in [5, 5.41) is 10.1.